The number of hydrogen-bond donors (Lipinski definition) is 2. The van der Waals surface area contributed by atoms with Crippen LogP contribution in [-0.2, 0) is 6.42 Å². The van der Waals surface area contributed by atoms with Gasteiger partial charge in [-0.3, -0.25) is 5.10 Å². The molecule has 2 heterocycles. The molecule has 2 rings (SSSR count). The molecule has 1 unspecified atom stereocenters. The van der Waals surface area contributed by atoms with Crippen molar-refractivity contribution in [3.63, 3.8) is 0 Å². The van der Waals surface area contributed by atoms with Gasteiger partial charge in [0.05, 0.1) is 0 Å². The van der Waals surface area contributed by atoms with Crippen molar-refractivity contribution in [1.82, 2.24) is 30.6 Å². The Kier molecular flexibility index (Phi) is 4.62. The van der Waals surface area contributed by atoms with E-state index in [0.717, 1.165) is 19.4 Å². The number of nitrogens with one attached hydrogen (secondary N) is 2. The van der Waals surface area contributed by atoms with Gasteiger partial charge in [-0.05, 0) is 18.9 Å². The highest BCUT2D eigenvalue weighted by molar-refractivity contribution is 5.39. The Balaban J connectivity index is 2.01. The molecule has 0 aliphatic carbocycles. The van der Waals surface area contributed by atoms with Crippen LogP contribution in [-0.4, -0.2) is 37.9 Å². The van der Waals surface area contributed by atoms with Crippen LogP contribution < -0.4 is 5.32 Å². The average Bonchev–Trinajstić information content (AvgIpc) is 3.04. The summed E-state index contributed by atoms with van der Waals surface area (Å²) in [6.45, 7) is 7.51. The minimum atomic E-state index is 0.336. The highest BCUT2D eigenvalue weighted by Crippen LogP contribution is 2.13. The van der Waals surface area contributed by atoms with E-state index in [4.69, 9.17) is 4.52 Å². The van der Waals surface area contributed by atoms with Crippen molar-refractivity contribution >= 4 is 0 Å². The van der Waals surface area contributed by atoms with Crippen LogP contribution in [0.5, 0.6) is 0 Å². The predicted octanol–water partition coefficient (Wildman–Crippen LogP) is 1.42. The van der Waals surface area contributed by atoms with Crippen LogP contribution in [0.25, 0.3) is 11.6 Å². The van der Waals surface area contributed by atoms with Gasteiger partial charge in [0, 0.05) is 12.5 Å². The lowest BCUT2D eigenvalue weighted by atomic mass is 10.0. The van der Waals surface area contributed by atoms with E-state index in [1.807, 2.05) is 0 Å². The normalized spacial score (nSPS) is 13.1. The molecular formula is C12H20N6O. The first-order valence-corrected chi connectivity index (χ1v) is 6.62. The fourth-order valence-electron chi connectivity index (χ4n) is 1.81. The Morgan fingerprint density at radius 3 is 2.89 bits per heavy atom. The molecule has 0 spiro atoms. The van der Waals surface area contributed by atoms with E-state index < -0.39 is 0 Å². The highest BCUT2D eigenvalue weighted by atomic mass is 16.5. The van der Waals surface area contributed by atoms with Crippen molar-refractivity contribution in [3.05, 3.63) is 12.2 Å². The van der Waals surface area contributed by atoms with Crippen LogP contribution in [0.2, 0.25) is 0 Å². The molecule has 2 aromatic rings. The van der Waals surface area contributed by atoms with E-state index in [0.29, 0.717) is 29.5 Å². The zero-order valence-corrected chi connectivity index (χ0v) is 11.6. The molecule has 7 heteroatoms. The fourth-order valence-corrected chi connectivity index (χ4v) is 1.81. The lowest BCUT2D eigenvalue weighted by Crippen LogP contribution is -2.36. The Morgan fingerprint density at radius 2 is 2.26 bits per heavy atom. The molecule has 7 nitrogen and oxygen atoms in total. The Bertz CT molecular complexity index is 478. The lowest BCUT2D eigenvalue weighted by molar-refractivity contribution is 0.326. The molecule has 19 heavy (non-hydrogen) atoms. The second kappa shape index (κ2) is 6.42. The van der Waals surface area contributed by atoms with Gasteiger partial charge in [0.25, 0.3) is 0 Å². The fraction of sp³-hybridized carbons (Fsp3) is 0.667. The van der Waals surface area contributed by atoms with E-state index in [1.54, 1.807) is 0 Å². The van der Waals surface area contributed by atoms with E-state index in [1.165, 1.54) is 6.33 Å². The van der Waals surface area contributed by atoms with Crippen LogP contribution in [0.3, 0.4) is 0 Å². The highest BCUT2D eigenvalue weighted by Gasteiger charge is 2.18. The maximum Gasteiger partial charge on any atom is 0.239 e. The quantitative estimate of drug-likeness (QED) is 0.785. The molecule has 2 aromatic heterocycles. The maximum atomic E-state index is 5.26. The van der Waals surface area contributed by atoms with Gasteiger partial charge in [-0.1, -0.05) is 25.9 Å². The average molecular weight is 264 g/mol. The van der Waals surface area contributed by atoms with Gasteiger partial charge in [0.1, 0.15) is 6.33 Å². The van der Waals surface area contributed by atoms with E-state index in [-0.39, 0.29) is 0 Å². The third-order valence-corrected chi connectivity index (χ3v) is 2.95. The first kappa shape index (κ1) is 13.7. The largest absolute Gasteiger partial charge is 0.339 e. The molecule has 0 saturated carbocycles. The molecule has 104 valence electrons. The molecule has 0 aromatic carbocycles. The van der Waals surface area contributed by atoms with Crippen molar-refractivity contribution in [3.8, 4) is 11.6 Å². The summed E-state index contributed by atoms with van der Waals surface area (Å²) in [5.41, 5.74) is 0. The minimum Gasteiger partial charge on any atom is -0.339 e. The molecule has 1 atom stereocenters. The maximum absolute atomic E-state index is 5.26. The van der Waals surface area contributed by atoms with Gasteiger partial charge >= 0.3 is 0 Å². The molecule has 0 bridgehead atoms. The molecule has 0 amide bonds. The number of aromatic nitrogens is 5. The van der Waals surface area contributed by atoms with Crippen LogP contribution in [0.15, 0.2) is 10.9 Å². The van der Waals surface area contributed by atoms with Gasteiger partial charge in [0.15, 0.2) is 5.82 Å². The smallest absolute Gasteiger partial charge is 0.239 e. The summed E-state index contributed by atoms with van der Waals surface area (Å²) < 4.78 is 5.26. The number of rotatable bonds is 7. The second-order valence-electron chi connectivity index (χ2n) is 4.85. The van der Waals surface area contributed by atoms with Crippen molar-refractivity contribution in [2.24, 2.45) is 5.92 Å². The van der Waals surface area contributed by atoms with Crippen LogP contribution in [0.4, 0.5) is 0 Å². The summed E-state index contributed by atoms with van der Waals surface area (Å²) in [5.74, 6) is 2.10. The Hall–Kier alpha value is -1.76. The molecule has 2 N–H and O–H groups in total. The van der Waals surface area contributed by atoms with Crippen LogP contribution in [0.1, 0.15) is 33.1 Å². The molecular weight excluding hydrogens is 244 g/mol. The van der Waals surface area contributed by atoms with Gasteiger partial charge in [-0.25, -0.2) is 4.98 Å². The van der Waals surface area contributed by atoms with E-state index in [2.05, 4.69) is 51.4 Å². The summed E-state index contributed by atoms with van der Waals surface area (Å²) in [5, 5.41) is 13.9. The summed E-state index contributed by atoms with van der Waals surface area (Å²) in [6, 6.07) is 0.336. The van der Waals surface area contributed by atoms with Crippen molar-refractivity contribution in [1.29, 1.82) is 0 Å². The van der Waals surface area contributed by atoms with E-state index in [9.17, 15) is 0 Å². The predicted molar refractivity (Wildman–Crippen MR) is 70.3 cm³/mol. The topological polar surface area (TPSA) is 92.5 Å². The molecule has 0 aliphatic heterocycles. The first-order valence-electron chi connectivity index (χ1n) is 6.62. The number of aromatic amines is 1. The molecule has 0 fully saturated rings. The minimum absolute atomic E-state index is 0.336. The molecule has 0 aliphatic rings. The third-order valence-electron chi connectivity index (χ3n) is 2.95. The van der Waals surface area contributed by atoms with Gasteiger partial charge in [-0.15, -0.1) is 0 Å². The lowest BCUT2D eigenvalue weighted by Gasteiger charge is -2.20. The zero-order valence-electron chi connectivity index (χ0n) is 11.6. The van der Waals surface area contributed by atoms with Crippen LogP contribution >= 0.6 is 0 Å². The zero-order chi connectivity index (χ0) is 13.7. The first-order chi connectivity index (χ1) is 9.20. The van der Waals surface area contributed by atoms with Crippen LogP contribution in [0, 0.1) is 5.92 Å². The van der Waals surface area contributed by atoms with E-state index >= 15 is 0 Å². The SMILES string of the molecule is CCCNC(Cc1nc(-c2ncn[nH]2)no1)C(C)C. The summed E-state index contributed by atoms with van der Waals surface area (Å²) in [4.78, 5) is 8.33. The Labute approximate surface area is 112 Å². The number of hydrogen-bond acceptors (Lipinski definition) is 6. The number of H-pyrrole nitrogens is 1. The Morgan fingerprint density at radius 1 is 1.42 bits per heavy atom. The van der Waals surface area contributed by atoms with Crippen molar-refractivity contribution < 1.29 is 4.52 Å². The summed E-state index contributed by atoms with van der Waals surface area (Å²) in [6.07, 6.45) is 3.25. The summed E-state index contributed by atoms with van der Waals surface area (Å²) in [7, 11) is 0. The third kappa shape index (κ3) is 3.60. The standard InChI is InChI=1S/C12H20N6O/c1-4-5-13-9(8(2)3)6-10-16-12(18-19-10)11-14-7-15-17-11/h7-9,13H,4-6H2,1-3H3,(H,14,15,17). The van der Waals surface area contributed by atoms with Crippen molar-refractivity contribution in [2.45, 2.75) is 39.7 Å². The van der Waals surface area contributed by atoms with Gasteiger partial charge in [0.2, 0.25) is 11.7 Å². The monoisotopic (exact) mass is 264 g/mol. The molecule has 0 radical (unpaired) electrons. The number of nitrogens with zero attached hydrogens (tertiary/aromatic N) is 4. The van der Waals surface area contributed by atoms with Gasteiger partial charge in [-0.2, -0.15) is 10.1 Å². The molecule has 0 saturated heterocycles. The second-order valence-corrected chi connectivity index (χ2v) is 4.85. The summed E-state index contributed by atoms with van der Waals surface area (Å²) >= 11 is 0. The van der Waals surface area contributed by atoms with Gasteiger partial charge < -0.3 is 9.84 Å². The van der Waals surface area contributed by atoms with Crippen molar-refractivity contribution in [2.75, 3.05) is 6.54 Å².